The van der Waals surface area contributed by atoms with Crippen LogP contribution in [0.3, 0.4) is 0 Å². The Labute approximate surface area is 150 Å². The first-order valence-corrected chi connectivity index (χ1v) is 9.35. The van der Waals surface area contributed by atoms with E-state index in [1.54, 1.807) is 35.9 Å². The number of hydrogen-bond donors (Lipinski definition) is 0. The maximum Gasteiger partial charge on any atom is 0.253 e. The molecule has 0 aromatic carbocycles. The molecule has 7 heteroatoms. The van der Waals surface area contributed by atoms with Crippen molar-refractivity contribution in [3.63, 3.8) is 0 Å². The Morgan fingerprint density at radius 2 is 2.04 bits per heavy atom. The molecule has 25 heavy (non-hydrogen) atoms. The van der Waals surface area contributed by atoms with Gasteiger partial charge in [0, 0.05) is 43.0 Å². The van der Waals surface area contributed by atoms with Crippen molar-refractivity contribution in [2.45, 2.75) is 26.3 Å². The highest BCUT2D eigenvalue weighted by atomic mass is 32.1. The number of likely N-dealkylation sites (tertiary alicyclic amines) is 2. The molecule has 2 aliphatic heterocycles. The lowest BCUT2D eigenvalue weighted by molar-refractivity contribution is -0.135. The van der Waals surface area contributed by atoms with Crippen molar-refractivity contribution < 1.29 is 9.59 Å². The average Bonchev–Trinajstić information content (AvgIpc) is 3.32. The van der Waals surface area contributed by atoms with Gasteiger partial charge in [0.1, 0.15) is 0 Å². The number of carbonyl (C=O) groups is 2. The van der Waals surface area contributed by atoms with Gasteiger partial charge in [-0.3, -0.25) is 14.6 Å². The number of nitrogens with zero attached hydrogens (tertiary/aromatic N) is 4. The summed E-state index contributed by atoms with van der Waals surface area (Å²) in [6.45, 7) is 4.44. The summed E-state index contributed by atoms with van der Waals surface area (Å²) in [6, 6.07) is 3.45. The fourth-order valence-corrected chi connectivity index (χ4v) is 4.43. The van der Waals surface area contributed by atoms with Crippen molar-refractivity contribution in [1.29, 1.82) is 0 Å². The van der Waals surface area contributed by atoms with Crippen molar-refractivity contribution >= 4 is 23.2 Å². The Balaban J connectivity index is 1.45. The first-order chi connectivity index (χ1) is 12.1. The van der Waals surface area contributed by atoms with Crippen LogP contribution in [0, 0.1) is 12.3 Å². The number of rotatable bonds is 3. The Morgan fingerprint density at radius 3 is 2.76 bits per heavy atom. The lowest BCUT2D eigenvalue weighted by Gasteiger charge is -2.23. The third-order valence-corrected chi connectivity index (χ3v) is 6.01. The number of amides is 2. The first kappa shape index (κ1) is 16.2. The van der Waals surface area contributed by atoms with Gasteiger partial charge in [-0.05, 0) is 31.9 Å². The molecule has 2 saturated heterocycles. The van der Waals surface area contributed by atoms with Crippen LogP contribution in [0.15, 0.2) is 29.9 Å². The molecular formula is C18H20N4O2S. The van der Waals surface area contributed by atoms with E-state index in [0.29, 0.717) is 25.2 Å². The van der Waals surface area contributed by atoms with Crippen LogP contribution in [-0.4, -0.2) is 51.2 Å². The van der Waals surface area contributed by atoms with Crippen LogP contribution < -0.4 is 0 Å². The molecule has 2 amide bonds. The van der Waals surface area contributed by atoms with E-state index in [4.69, 9.17) is 0 Å². The lowest BCUT2D eigenvalue weighted by atomic mass is 9.85. The molecule has 2 aromatic rings. The van der Waals surface area contributed by atoms with Crippen LogP contribution in [-0.2, 0) is 11.3 Å². The second-order valence-electron chi connectivity index (χ2n) is 6.83. The van der Waals surface area contributed by atoms with Crippen molar-refractivity contribution in [2.24, 2.45) is 5.41 Å². The highest BCUT2D eigenvalue weighted by Crippen LogP contribution is 2.41. The number of aryl methyl sites for hydroxylation is 1. The zero-order chi connectivity index (χ0) is 17.4. The molecule has 0 aliphatic carbocycles. The fraction of sp³-hybridized carbons (Fsp3) is 0.444. The van der Waals surface area contributed by atoms with E-state index in [2.05, 4.69) is 9.97 Å². The van der Waals surface area contributed by atoms with Crippen molar-refractivity contribution in [3.8, 4) is 0 Å². The summed E-state index contributed by atoms with van der Waals surface area (Å²) in [5.41, 5.74) is 1.18. The minimum atomic E-state index is -0.409. The highest BCUT2D eigenvalue weighted by Gasteiger charge is 2.51. The molecule has 4 rings (SSSR count). The summed E-state index contributed by atoms with van der Waals surface area (Å²) in [5, 5.41) is 3.04. The van der Waals surface area contributed by atoms with E-state index in [1.807, 2.05) is 22.1 Å². The molecule has 2 aromatic heterocycles. The van der Waals surface area contributed by atoms with Gasteiger partial charge in [0.15, 0.2) is 0 Å². The van der Waals surface area contributed by atoms with Crippen LogP contribution in [0.5, 0.6) is 0 Å². The van der Waals surface area contributed by atoms with Gasteiger partial charge >= 0.3 is 0 Å². The van der Waals surface area contributed by atoms with E-state index in [-0.39, 0.29) is 11.8 Å². The maximum atomic E-state index is 13.0. The lowest BCUT2D eigenvalue weighted by Crippen LogP contribution is -2.38. The zero-order valence-corrected chi connectivity index (χ0v) is 15.0. The molecule has 0 bridgehead atoms. The van der Waals surface area contributed by atoms with Crippen LogP contribution in [0.25, 0.3) is 0 Å². The summed E-state index contributed by atoms with van der Waals surface area (Å²) in [7, 11) is 0. The van der Waals surface area contributed by atoms with E-state index >= 15 is 0 Å². The Kier molecular flexibility index (Phi) is 4.03. The first-order valence-electron chi connectivity index (χ1n) is 8.47. The highest BCUT2D eigenvalue weighted by molar-refractivity contribution is 7.09. The smallest absolute Gasteiger partial charge is 0.253 e. The van der Waals surface area contributed by atoms with Gasteiger partial charge in [0.2, 0.25) is 5.91 Å². The standard InChI is InChI=1S/C18H20N4O2S/c1-13-20-15(11-25-13)10-21-8-4-18(17(21)24)5-9-22(12-18)16(23)14-2-6-19-7-3-14/h2-3,6-7,11H,4-5,8-10,12H2,1H3. The molecule has 2 aliphatic rings. The minimum Gasteiger partial charge on any atom is -0.338 e. The third kappa shape index (κ3) is 2.93. The van der Waals surface area contributed by atoms with Crippen LogP contribution in [0.2, 0.25) is 0 Å². The molecule has 2 fully saturated rings. The second kappa shape index (κ2) is 6.22. The van der Waals surface area contributed by atoms with Gasteiger partial charge < -0.3 is 9.80 Å². The summed E-state index contributed by atoms with van der Waals surface area (Å²) in [6.07, 6.45) is 4.80. The fourth-order valence-electron chi connectivity index (χ4n) is 3.82. The quantitative estimate of drug-likeness (QED) is 0.845. The van der Waals surface area contributed by atoms with Gasteiger partial charge in [0.05, 0.1) is 22.7 Å². The molecule has 0 N–H and O–H groups in total. The van der Waals surface area contributed by atoms with Gasteiger partial charge in [0.25, 0.3) is 5.91 Å². The molecule has 4 heterocycles. The maximum absolute atomic E-state index is 13.0. The molecule has 6 nitrogen and oxygen atoms in total. The molecular weight excluding hydrogens is 336 g/mol. The predicted molar refractivity (Wildman–Crippen MR) is 94.1 cm³/mol. The number of carbonyl (C=O) groups excluding carboxylic acids is 2. The third-order valence-electron chi connectivity index (χ3n) is 5.19. The molecule has 1 spiro atoms. The molecule has 1 atom stereocenters. The molecule has 0 saturated carbocycles. The summed E-state index contributed by atoms with van der Waals surface area (Å²) in [5.74, 6) is 0.156. The average molecular weight is 356 g/mol. The Bertz CT molecular complexity index is 806. The Morgan fingerprint density at radius 1 is 1.28 bits per heavy atom. The predicted octanol–water partition coefficient (Wildman–Crippen LogP) is 2.11. The van der Waals surface area contributed by atoms with Crippen LogP contribution in [0.4, 0.5) is 0 Å². The van der Waals surface area contributed by atoms with Crippen LogP contribution in [0.1, 0.15) is 33.9 Å². The SMILES string of the molecule is Cc1nc(CN2CCC3(CCN(C(=O)c4ccncc4)C3)C2=O)cs1. The zero-order valence-electron chi connectivity index (χ0n) is 14.1. The number of hydrogen-bond acceptors (Lipinski definition) is 5. The molecule has 1 unspecified atom stereocenters. The molecule has 130 valence electrons. The van der Waals surface area contributed by atoms with Gasteiger partial charge in [-0.2, -0.15) is 0 Å². The van der Waals surface area contributed by atoms with E-state index in [1.165, 1.54) is 0 Å². The van der Waals surface area contributed by atoms with Gasteiger partial charge in [-0.1, -0.05) is 0 Å². The van der Waals surface area contributed by atoms with Gasteiger partial charge in [-0.25, -0.2) is 4.98 Å². The normalized spacial score (nSPS) is 23.0. The topological polar surface area (TPSA) is 66.4 Å². The Hall–Kier alpha value is -2.28. The summed E-state index contributed by atoms with van der Waals surface area (Å²) >= 11 is 1.61. The monoisotopic (exact) mass is 356 g/mol. The van der Waals surface area contributed by atoms with Crippen molar-refractivity contribution in [1.82, 2.24) is 19.8 Å². The summed E-state index contributed by atoms with van der Waals surface area (Å²) in [4.78, 5) is 37.8. The van der Waals surface area contributed by atoms with E-state index in [0.717, 1.165) is 30.1 Å². The minimum absolute atomic E-state index is 0.0133. The summed E-state index contributed by atoms with van der Waals surface area (Å²) < 4.78 is 0. The second-order valence-corrected chi connectivity index (χ2v) is 7.89. The largest absolute Gasteiger partial charge is 0.338 e. The number of aromatic nitrogens is 2. The van der Waals surface area contributed by atoms with E-state index < -0.39 is 5.41 Å². The van der Waals surface area contributed by atoms with Crippen LogP contribution >= 0.6 is 11.3 Å². The number of thiazole rings is 1. The molecule has 0 radical (unpaired) electrons. The number of pyridine rings is 1. The van der Waals surface area contributed by atoms with Gasteiger partial charge in [-0.15, -0.1) is 11.3 Å². The van der Waals surface area contributed by atoms with Crippen molar-refractivity contribution in [3.05, 3.63) is 46.2 Å². The van der Waals surface area contributed by atoms with Crippen molar-refractivity contribution in [2.75, 3.05) is 19.6 Å². The van der Waals surface area contributed by atoms with E-state index in [9.17, 15) is 9.59 Å².